The summed E-state index contributed by atoms with van der Waals surface area (Å²) in [4.78, 5) is 2.43. The van der Waals surface area contributed by atoms with Crippen LogP contribution in [0.3, 0.4) is 0 Å². The van der Waals surface area contributed by atoms with Gasteiger partial charge in [0.15, 0.2) is 0 Å². The lowest BCUT2D eigenvalue weighted by molar-refractivity contribution is 0.00887. The van der Waals surface area contributed by atoms with Crippen LogP contribution in [0.4, 0.5) is 11.4 Å². The molecule has 1 fully saturated rings. The number of fused-ring (bicyclic) bond motifs is 1. The average molecular weight is 190 g/mol. The summed E-state index contributed by atoms with van der Waals surface area (Å²) in [6, 6.07) is 6.76. The fourth-order valence-electron chi connectivity index (χ4n) is 2.27. The Labute approximate surface area is 83.5 Å². The molecule has 0 aliphatic carbocycles. The quantitative estimate of drug-likeness (QED) is 0.672. The fourth-order valence-corrected chi connectivity index (χ4v) is 2.27. The minimum atomic E-state index is 0.582. The van der Waals surface area contributed by atoms with E-state index in [9.17, 15) is 0 Å². The van der Waals surface area contributed by atoms with Crippen LogP contribution in [0.25, 0.3) is 0 Å². The van der Waals surface area contributed by atoms with E-state index in [0.717, 1.165) is 31.9 Å². The smallest absolute Gasteiger partial charge is 0.0757 e. The van der Waals surface area contributed by atoms with Crippen molar-refractivity contribution in [1.29, 1.82) is 0 Å². The van der Waals surface area contributed by atoms with Crippen molar-refractivity contribution in [2.24, 2.45) is 0 Å². The molecule has 2 aliphatic heterocycles. The number of benzene rings is 1. The Morgan fingerprint density at radius 1 is 1.36 bits per heavy atom. The molecule has 0 saturated carbocycles. The Bertz CT molecular complexity index is 360. The minimum absolute atomic E-state index is 0.582. The molecule has 74 valence electrons. The first-order valence-corrected chi connectivity index (χ1v) is 5.08. The van der Waals surface area contributed by atoms with Gasteiger partial charge in [-0.1, -0.05) is 6.07 Å². The minimum Gasteiger partial charge on any atom is -0.398 e. The second kappa shape index (κ2) is 2.89. The molecular formula is C11H14N2O. The van der Waals surface area contributed by atoms with Crippen LogP contribution < -0.4 is 10.6 Å². The molecule has 0 radical (unpaired) electrons. The van der Waals surface area contributed by atoms with Gasteiger partial charge in [-0.15, -0.1) is 0 Å². The summed E-state index contributed by atoms with van der Waals surface area (Å²) in [5.41, 5.74) is 9.51. The number of hydrogen-bond donors (Lipinski definition) is 1. The number of nitrogen functional groups attached to an aromatic ring is 1. The molecule has 3 heteroatoms. The molecule has 0 amide bonds. The van der Waals surface area contributed by atoms with E-state index in [1.54, 1.807) is 0 Å². The summed E-state index contributed by atoms with van der Waals surface area (Å²) < 4.78 is 5.22. The van der Waals surface area contributed by atoms with Crippen molar-refractivity contribution in [3.63, 3.8) is 0 Å². The summed E-state index contributed by atoms with van der Waals surface area (Å²) in [6.07, 6.45) is 1.08. The molecule has 0 bridgehead atoms. The van der Waals surface area contributed by atoms with Crippen LogP contribution in [0.2, 0.25) is 0 Å². The highest BCUT2D eigenvalue weighted by Gasteiger charge is 2.31. The van der Waals surface area contributed by atoms with E-state index in [0.29, 0.717) is 6.04 Å². The van der Waals surface area contributed by atoms with E-state index < -0.39 is 0 Å². The largest absolute Gasteiger partial charge is 0.398 e. The first-order valence-electron chi connectivity index (χ1n) is 5.08. The third-order valence-electron chi connectivity index (χ3n) is 3.16. The van der Waals surface area contributed by atoms with Crippen LogP contribution in [-0.4, -0.2) is 25.8 Å². The highest BCUT2D eigenvalue weighted by atomic mass is 16.5. The average Bonchev–Trinajstić information content (AvgIpc) is 2.48. The number of hydrogen-bond acceptors (Lipinski definition) is 3. The van der Waals surface area contributed by atoms with Crippen molar-refractivity contribution in [3.05, 3.63) is 23.8 Å². The van der Waals surface area contributed by atoms with Crippen molar-refractivity contribution in [1.82, 2.24) is 0 Å². The van der Waals surface area contributed by atoms with E-state index in [1.807, 2.05) is 12.1 Å². The van der Waals surface area contributed by atoms with Crippen LogP contribution in [0.5, 0.6) is 0 Å². The summed E-state index contributed by atoms with van der Waals surface area (Å²) in [5.74, 6) is 0. The van der Waals surface area contributed by atoms with Gasteiger partial charge in [0.05, 0.1) is 19.3 Å². The third kappa shape index (κ3) is 1.02. The molecule has 1 aromatic rings. The van der Waals surface area contributed by atoms with Gasteiger partial charge in [-0.3, -0.25) is 0 Å². The van der Waals surface area contributed by atoms with Crippen molar-refractivity contribution in [3.8, 4) is 0 Å². The lowest BCUT2D eigenvalue weighted by Crippen LogP contribution is -2.48. The normalized spacial score (nSPS) is 20.7. The molecule has 2 heterocycles. The lowest BCUT2D eigenvalue weighted by Gasteiger charge is -2.36. The van der Waals surface area contributed by atoms with Gasteiger partial charge in [0.25, 0.3) is 0 Å². The topological polar surface area (TPSA) is 38.5 Å². The second-order valence-corrected chi connectivity index (χ2v) is 3.98. The van der Waals surface area contributed by atoms with E-state index >= 15 is 0 Å². The van der Waals surface area contributed by atoms with Crippen molar-refractivity contribution < 1.29 is 4.74 Å². The zero-order valence-corrected chi connectivity index (χ0v) is 8.07. The summed E-state index contributed by atoms with van der Waals surface area (Å²) >= 11 is 0. The first kappa shape index (κ1) is 8.12. The highest BCUT2D eigenvalue weighted by molar-refractivity contribution is 5.68. The Morgan fingerprint density at radius 2 is 2.21 bits per heavy atom. The molecule has 0 aromatic heterocycles. The molecule has 1 saturated heterocycles. The molecule has 0 atom stereocenters. The number of nitrogens with two attached hydrogens (primary N) is 1. The predicted octanol–water partition coefficient (Wildman–Crippen LogP) is 1.03. The lowest BCUT2D eigenvalue weighted by atomic mass is 10.1. The fraction of sp³-hybridized carbons (Fsp3) is 0.455. The number of rotatable bonds is 1. The van der Waals surface area contributed by atoms with Gasteiger partial charge in [0.1, 0.15) is 0 Å². The SMILES string of the molecule is Nc1cccc2c1CCN2C1COC1. The monoisotopic (exact) mass is 190 g/mol. The Balaban J connectivity index is 1.97. The molecule has 2 N–H and O–H groups in total. The maximum absolute atomic E-state index is 5.94. The van der Waals surface area contributed by atoms with Crippen LogP contribution >= 0.6 is 0 Å². The number of anilines is 2. The number of nitrogens with zero attached hydrogens (tertiary/aromatic N) is 1. The Kier molecular flexibility index (Phi) is 1.67. The van der Waals surface area contributed by atoms with Gasteiger partial charge in [0.2, 0.25) is 0 Å². The maximum atomic E-state index is 5.94. The third-order valence-corrected chi connectivity index (χ3v) is 3.16. The number of ether oxygens (including phenoxy) is 1. The van der Waals surface area contributed by atoms with Crippen LogP contribution in [-0.2, 0) is 11.2 Å². The predicted molar refractivity (Wildman–Crippen MR) is 56.5 cm³/mol. The zero-order chi connectivity index (χ0) is 9.54. The Hall–Kier alpha value is -1.22. The standard InChI is InChI=1S/C11H14N2O/c12-10-2-1-3-11-9(10)4-5-13(11)8-6-14-7-8/h1-3,8H,4-7,12H2. The molecule has 3 rings (SSSR count). The van der Waals surface area contributed by atoms with Crippen LogP contribution in [0, 0.1) is 0 Å². The van der Waals surface area contributed by atoms with Crippen LogP contribution in [0.15, 0.2) is 18.2 Å². The van der Waals surface area contributed by atoms with Crippen molar-refractivity contribution >= 4 is 11.4 Å². The van der Waals surface area contributed by atoms with E-state index in [2.05, 4.69) is 11.0 Å². The van der Waals surface area contributed by atoms with E-state index in [-0.39, 0.29) is 0 Å². The van der Waals surface area contributed by atoms with Crippen LogP contribution in [0.1, 0.15) is 5.56 Å². The van der Waals surface area contributed by atoms with Crippen molar-refractivity contribution in [2.75, 3.05) is 30.4 Å². The zero-order valence-electron chi connectivity index (χ0n) is 8.07. The highest BCUT2D eigenvalue weighted by Crippen LogP contribution is 2.34. The maximum Gasteiger partial charge on any atom is 0.0757 e. The molecule has 1 aromatic carbocycles. The Morgan fingerprint density at radius 3 is 2.93 bits per heavy atom. The van der Waals surface area contributed by atoms with Gasteiger partial charge >= 0.3 is 0 Å². The van der Waals surface area contributed by atoms with Crippen molar-refractivity contribution in [2.45, 2.75) is 12.5 Å². The molecule has 0 spiro atoms. The second-order valence-electron chi connectivity index (χ2n) is 3.98. The van der Waals surface area contributed by atoms with Gasteiger partial charge in [0, 0.05) is 23.5 Å². The summed E-state index contributed by atoms with van der Waals surface area (Å²) in [7, 11) is 0. The van der Waals surface area contributed by atoms with Gasteiger partial charge in [-0.25, -0.2) is 0 Å². The van der Waals surface area contributed by atoms with Gasteiger partial charge in [-0.2, -0.15) is 0 Å². The molecule has 2 aliphatic rings. The molecule has 14 heavy (non-hydrogen) atoms. The van der Waals surface area contributed by atoms with E-state index in [1.165, 1.54) is 11.3 Å². The first-order chi connectivity index (χ1) is 6.86. The summed E-state index contributed by atoms with van der Waals surface area (Å²) in [6.45, 7) is 2.83. The molecule has 3 nitrogen and oxygen atoms in total. The van der Waals surface area contributed by atoms with Gasteiger partial charge in [-0.05, 0) is 18.6 Å². The molecule has 0 unspecified atom stereocenters. The summed E-state index contributed by atoms with van der Waals surface area (Å²) in [5, 5.41) is 0. The van der Waals surface area contributed by atoms with E-state index in [4.69, 9.17) is 10.5 Å². The molecular weight excluding hydrogens is 176 g/mol. The van der Waals surface area contributed by atoms with Gasteiger partial charge < -0.3 is 15.4 Å².